The first-order valence-corrected chi connectivity index (χ1v) is 10.5. The zero-order valence-electron chi connectivity index (χ0n) is 16.1. The van der Waals surface area contributed by atoms with Crippen molar-refractivity contribution in [3.05, 3.63) is 94.8 Å². The fourth-order valence-corrected chi connectivity index (χ4v) is 3.85. The van der Waals surface area contributed by atoms with Crippen molar-refractivity contribution >= 4 is 21.6 Å². The Balaban J connectivity index is 1.76. The second-order valence-electron chi connectivity index (χ2n) is 6.76. The Morgan fingerprint density at radius 1 is 0.966 bits per heavy atom. The number of hydrogen-bond acceptors (Lipinski definition) is 3. The molecule has 0 aliphatic rings. The molecule has 0 atom stereocenters. The molecule has 0 saturated heterocycles. The standard InChI is InChI=1S/C22H21FN2O3S/c1-15-6-10-20(11-7-15)29(27,28)25-21-13-18(9-8-16(21)2)22(26)24-14-17-4-3-5-19(23)12-17/h3-13,25H,14H2,1-2H3,(H,24,26). The summed E-state index contributed by atoms with van der Waals surface area (Å²) >= 11 is 0. The van der Waals surface area contributed by atoms with Gasteiger partial charge in [-0.05, 0) is 61.4 Å². The fraction of sp³-hybridized carbons (Fsp3) is 0.136. The highest BCUT2D eigenvalue weighted by Gasteiger charge is 2.16. The van der Waals surface area contributed by atoms with Crippen molar-refractivity contribution in [1.82, 2.24) is 5.32 Å². The molecule has 0 aliphatic heterocycles. The summed E-state index contributed by atoms with van der Waals surface area (Å²) in [5.41, 5.74) is 2.89. The maximum atomic E-state index is 13.3. The molecule has 29 heavy (non-hydrogen) atoms. The van der Waals surface area contributed by atoms with E-state index in [0.717, 1.165) is 5.56 Å². The van der Waals surface area contributed by atoms with Gasteiger partial charge in [-0.25, -0.2) is 12.8 Å². The molecule has 0 spiro atoms. The molecule has 150 valence electrons. The van der Waals surface area contributed by atoms with Gasteiger partial charge in [0.2, 0.25) is 0 Å². The molecule has 0 aliphatic carbocycles. The van der Waals surface area contributed by atoms with E-state index >= 15 is 0 Å². The molecule has 5 nitrogen and oxygen atoms in total. The number of anilines is 1. The normalized spacial score (nSPS) is 11.1. The summed E-state index contributed by atoms with van der Waals surface area (Å²) < 4.78 is 41.1. The third-order valence-corrected chi connectivity index (χ3v) is 5.80. The lowest BCUT2D eigenvalue weighted by molar-refractivity contribution is 0.0951. The molecular weight excluding hydrogens is 391 g/mol. The Morgan fingerprint density at radius 2 is 1.69 bits per heavy atom. The third-order valence-electron chi connectivity index (χ3n) is 4.42. The molecule has 1 amide bonds. The highest BCUT2D eigenvalue weighted by molar-refractivity contribution is 7.92. The minimum atomic E-state index is -3.78. The summed E-state index contributed by atoms with van der Waals surface area (Å²) in [7, 11) is -3.78. The predicted molar refractivity (Wildman–Crippen MR) is 111 cm³/mol. The first-order valence-electron chi connectivity index (χ1n) is 8.97. The van der Waals surface area contributed by atoms with Crippen molar-refractivity contribution in [2.45, 2.75) is 25.3 Å². The van der Waals surface area contributed by atoms with Gasteiger partial charge in [0.1, 0.15) is 5.82 Å². The van der Waals surface area contributed by atoms with E-state index in [-0.39, 0.29) is 23.2 Å². The van der Waals surface area contributed by atoms with E-state index in [1.54, 1.807) is 43.3 Å². The van der Waals surface area contributed by atoms with Gasteiger partial charge in [0.15, 0.2) is 0 Å². The van der Waals surface area contributed by atoms with Gasteiger partial charge in [-0.3, -0.25) is 9.52 Å². The van der Waals surface area contributed by atoms with E-state index in [1.165, 1.54) is 30.3 Å². The molecule has 0 heterocycles. The van der Waals surface area contributed by atoms with Crippen LogP contribution < -0.4 is 10.0 Å². The van der Waals surface area contributed by atoms with Crippen LogP contribution in [0.25, 0.3) is 0 Å². The Morgan fingerprint density at radius 3 is 2.38 bits per heavy atom. The van der Waals surface area contributed by atoms with Crippen LogP contribution in [0.3, 0.4) is 0 Å². The smallest absolute Gasteiger partial charge is 0.261 e. The van der Waals surface area contributed by atoms with Crippen molar-refractivity contribution in [3.63, 3.8) is 0 Å². The van der Waals surface area contributed by atoms with E-state index in [4.69, 9.17) is 0 Å². The zero-order valence-corrected chi connectivity index (χ0v) is 16.9. The molecule has 0 saturated carbocycles. The molecule has 0 aromatic heterocycles. The lowest BCUT2D eigenvalue weighted by Gasteiger charge is -2.13. The van der Waals surface area contributed by atoms with Gasteiger partial charge >= 0.3 is 0 Å². The molecule has 0 radical (unpaired) electrons. The van der Waals surface area contributed by atoms with Crippen LogP contribution in [0, 0.1) is 19.7 Å². The average molecular weight is 412 g/mol. The number of carbonyl (C=O) groups is 1. The van der Waals surface area contributed by atoms with E-state index in [1.807, 2.05) is 6.92 Å². The van der Waals surface area contributed by atoms with Crippen LogP contribution in [0.15, 0.2) is 71.6 Å². The fourth-order valence-electron chi connectivity index (χ4n) is 2.73. The third kappa shape index (κ3) is 5.20. The Kier molecular flexibility index (Phi) is 5.98. The largest absolute Gasteiger partial charge is 0.348 e. The quantitative estimate of drug-likeness (QED) is 0.638. The Hall–Kier alpha value is -3.19. The summed E-state index contributed by atoms with van der Waals surface area (Å²) in [6.07, 6.45) is 0. The number of sulfonamides is 1. The Labute approximate surface area is 169 Å². The highest BCUT2D eigenvalue weighted by atomic mass is 32.2. The number of hydrogen-bond donors (Lipinski definition) is 2. The molecule has 3 aromatic carbocycles. The number of benzene rings is 3. The summed E-state index contributed by atoms with van der Waals surface area (Å²) in [5.74, 6) is -0.759. The maximum Gasteiger partial charge on any atom is 0.261 e. The lowest BCUT2D eigenvalue weighted by atomic mass is 10.1. The summed E-state index contributed by atoms with van der Waals surface area (Å²) in [6.45, 7) is 3.79. The van der Waals surface area contributed by atoms with E-state index < -0.39 is 10.0 Å². The van der Waals surface area contributed by atoms with Gasteiger partial charge in [0.25, 0.3) is 15.9 Å². The summed E-state index contributed by atoms with van der Waals surface area (Å²) in [5, 5.41) is 2.71. The molecule has 7 heteroatoms. The van der Waals surface area contributed by atoms with Crippen LogP contribution in [-0.4, -0.2) is 14.3 Å². The molecular formula is C22H21FN2O3S. The molecule has 0 bridgehead atoms. The van der Waals surface area contributed by atoms with Gasteiger partial charge < -0.3 is 5.32 Å². The predicted octanol–water partition coefficient (Wildman–Crippen LogP) is 4.17. The van der Waals surface area contributed by atoms with Crippen LogP contribution in [0.1, 0.15) is 27.0 Å². The summed E-state index contributed by atoms with van der Waals surface area (Å²) in [6, 6.07) is 17.2. The monoisotopic (exact) mass is 412 g/mol. The van der Waals surface area contributed by atoms with Crippen molar-refractivity contribution in [1.29, 1.82) is 0 Å². The molecule has 0 unspecified atom stereocenters. The molecule has 3 rings (SSSR count). The van der Waals surface area contributed by atoms with Crippen LogP contribution in [0.5, 0.6) is 0 Å². The second-order valence-corrected chi connectivity index (χ2v) is 8.44. The maximum absolute atomic E-state index is 13.3. The molecule has 0 fully saturated rings. The van der Waals surface area contributed by atoms with Gasteiger partial charge in [-0.2, -0.15) is 0 Å². The SMILES string of the molecule is Cc1ccc(S(=O)(=O)Nc2cc(C(=O)NCc3cccc(F)c3)ccc2C)cc1. The summed E-state index contributed by atoms with van der Waals surface area (Å²) in [4.78, 5) is 12.6. The van der Waals surface area contributed by atoms with Crippen LogP contribution in [0.4, 0.5) is 10.1 Å². The van der Waals surface area contributed by atoms with Crippen LogP contribution in [-0.2, 0) is 16.6 Å². The number of aryl methyl sites for hydroxylation is 2. The minimum absolute atomic E-state index is 0.142. The minimum Gasteiger partial charge on any atom is -0.348 e. The van der Waals surface area contributed by atoms with E-state index in [0.29, 0.717) is 22.4 Å². The average Bonchev–Trinajstić information content (AvgIpc) is 2.68. The second kappa shape index (κ2) is 8.45. The van der Waals surface area contributed by atoms with E-state index in [9.17, 15) is 17.6 Å². The van der Waals surface area contributed by atoms with Crippen molar-refractivity contribution in [2.75, 3.05) is 4.72 Å². The first-order chi connectivity index (χ1) is 13.7. The highest BCUT2D eigenvalue weighted by Crippen LogP contribution is 2.22. The van der Waals surface area contributed by atoms with Gasteiger partial charge in [0.05, 0.1) is 10.6 Å². The topological polar surface area (TPSA) is 75.3 Å². The number of carbonyl (C=O) groups excluding carboxylic acids is 1. The number of amides is 1. The van der Waals surface area contributed by atoms with Crippen LogP contribution >= 0.6 is 0 Å². The Bertz CT molecular complexity index is 1140. The molecule has 2 N–H and O–H groups in total. The number of nitrogens with one attached hydrogen (secondary N) is 2. The first kappa shape index (κ1) is 20.5. The van der Waals surface area contributed by atoms with Crippen LogP contribution in [0.2, 0.25) is 0 Å². The van der Waals surface area contributed by atoms with Gasteiger partial charge in [0, 0.05) is 12.1 Å². The number of rotatable bonds is 6. The van der Waals surface area contributed by atoms with Gasteiger partial charge in [-0.1, -0.05) is 35.9 Å². The van der Waals surface area contributed by atoms with Gasteiger partial charge in [-0.15, -0.1) is 0 Å². The lowest BCUT2D eigenvalue weighted by Crippen LogP contribution is -2.23. The number of halogens is 1. The molecule has 3 aromatic rings. The van der Waals surface area contributed by atoms with E-state index in [2.05, 4.69) is 10.0 Å². The zero-order chi connectivity index (χ0) is 21.0. The van der Waals surface area contributed by atoms with Crippen molar-refractivity contribution in [3.8, 4) is 0 Å². The van der Waals surface area contributed by atoms with Crippen molar-refractivity contribution < 1.29 is 17.6 Å². The van der Waals surface area contributed by atoms with Crippen molar-refractivity contribution in [2.24, 2.45) is 0 Å².